The summed E-state index contributed by atoms with van der Waals surface area (Å²) in [5.74, 6) is 1.35. The van der Waals surface area contributed by atoms with Crippen molar-refractivity contribution in [1.82, 2.24) is 4.90 Å². The number of rotatable bonds is 4. The molecule has 3 nitrogen and oxygen atoms in total. The molecule has 0 spiro atoms. The lowest BCUT2D eigenvalue weighted by atomic mass is 10.0. The minimum Gasteiger partial charge on any atom is -0.374 e. The Hall–Kier alpha value is -2.62. The van der Waals surface area contributed by atoms with Crippen molar-refractivity contribution in [3.8, 4) is 0 Å². The Balaban J connectivity index is 1.27. The van der Waals surface area contributed by atoms with Gasteiger partial charge in [-0.05, 0) is 47.1 Å². The van der Waals surface area contributed by atoms with Crippen LogP contribution in [0.3, 0.4) is 0 Å². The van der Waals surface area contributed by atoms with Gasteiger partial charge in [-0.1, -0.05) is 66.7 Å². The third-order valence-corrected chi connectivity index (χ3v) is 6.90. The van der Waals surface area contributed by atoms with Gasteiger partial charge in [-0.2, -0.15) is 0 Å². The predicted molar refractivity (Wildman–Crippen MR) is 121 cm³/mol. The smallest absolute Gasteiger partial charge is 0.0881 e. The van der Waals surface area contributed by atoms with Gasteiger partial charge in [-0.25, -0.2) is 0 Å². The van der Waals surface area contributed by atoms with Crippen molar-refractivity contribution in [3.05, 3.63) is 95.6 Å². The van der Waals surface area contributed by atoms with Gasteiger partial charge in [0.2, 0.25) is 0 Å². The number of fused-ring (bicyclic) bond motifs is 5. The number of anilines is 2. The molecule has 3 aliphatic rings. The number of benzene rings is 3. The molecule has 6 rings (SSSR count). The molecule has 3 atom stereocenters. The Morgan fingerprint density at radius 3 is 2.10 bits per heavy atom. The van der Waals surface area contributed by atoms with Crippen molar-refractivity contribution in [1.29, 1.82) is 0 Å². The SMILES string of the molecule is c1ccc(CN2CCOC(CN3c4ccccc4C4CC4c4ccccc43)C2)cc1. The topological polar surface area (TPSA) is 15.7 Å². The van der Waals surface area contributed by atoms with Gasteiger partial charge in [0, 0.05) is 31.0 Å². The van der Waals surface area contributed by atoms with Crippen LogP contribution in [0.2, 0.25) is 0 Å². The van der Waals surface area contributed by atoms with Crippen molar-refractivity contribution >= 4 is 11.4 Å². The van der Waals surface area contributed by atoms with Crippen LogP contribution in [0.15, 0.2) is 78.9 Å². The first kappa shape index (κ1) is 18.2. The second-order valence-electron chi connectivity index (χ2n) is 8.89. The molecule has 3 aromatic carbocycles. The zero-order valence-corrected chi connectivity index (χ0v) is 17.3. The second-order valence-corrected chi connectivity index (χ2v) is 8.89. The first-order valence-electron chi connectivity index (χ1n) is 11.2. The lowest BCUT2D eigenvalue weighted by molar-refractivity contribution is -0.0259. The molecule has 152 valence electrons. The van der Waals surface area contributed by atoms with E-state index in [4.69, 9.17) is 4.74 Å². The molecule has 2 aliphatic heterocycles. The summed E-state index contributed by atoms with van der Waals surface area (Å²) in [4.78, 5) is 5.07. The van der Waals surface area contributed by atoms with Crippen molar-refractivity contribution in [2.24, 2.45) is 0 Å². The van der Waals surface area contributed by atoms with Crippen LogP contribution in [0.5, 0.6) is 0 Å². The lowest BCUT2D eigenvalue weighted by Crippen LogP contribution is -2.46. The molecule has 2 fully saturated rings. The maximum absolute atomic E-state index is 6.27. The highest BCUT2D eigenvalue weighted by Gasteiger charge is 2.45. The fourth-order valence-electron chi connectivity index (χ4n) is 5.38. The van der Waals surface area contributed by atoms with E-state index >= 15 is 0 Å². The molecular weight excluding hydrogens is 368 g/mol. The minimum absolute atomic E-state index is 0.206. The van der Waals surface area contributed by atoms with Gasteiger partial charge < -0.3 is 9.64 Å². The van der Waals surface area contributed by atoms with Gasteiger partial charge in [0.05, 0.1) is 19.3 Å². The summed E-state index contributed by atoms with van der Waals surface area (Å²) in [7, 11) is 0. The van der Waals surface area contributed by atoms with Gasteiger partial charge in [0.1, 0.15) is 0 Å². The van der Waals surface area contributed by atoms with E-state index in [-0.39, 0.29) is 6.10 Å². The van der Waals surface area contributed by atoms with Crippen molar-refractivity contribution in [2.45, 2.75) is 30.9 Å². The van der Waals surface area contributed by atoms with E-state index in [1.807, 2.05) is 0 Å². The number of hydrogen-bond acceptors (Lipinski definition) is 3. The van der Waals surface area contributed by atoms with E-state index in [1.165, 1.54) is 34.5 Å². The van der Waals surface area contributed by atoms with Gasteiger partial charge in [-0.3, -0.25) is 4.90 Å². The fraction of sp³-hybridized carbons (Fsp3) is 0.333. The maximum atomic E-state index is 6.27. The van der Waals surface area contributed by atoms with Crippen LogP contribution in [0.25, 0.3) is 0 Å². The first-order valence-corrected chi connectivity index (χ1v) is 11.2. The largest absolute Gasteiger partial charge is 0.374 e. The Morgan fingerprint density at radius 2 is 1.40 bits per heavy atom. The molecule has 0 bridgehead atoms. The fourth-order valence-corrected chi connectivity index (χ4v) is 5.38. The number of hydrogen-bond donors (Lipinski definition) is 0. The molecule has 3 heteroatoms. The summed E-state index contributed by atoms with van der Waals surface area (Å²) >= 11 is 0. The highest BCUT2D eigenvalue weighted by atomic mass is 16.5. The van der Waals surface area contributed by atoms with Gasteiger partial charge in [0.25, 0.3) is 0 Å². The molecule has 1 aliphatic carbocycles. The first-order chi connectivity index (χ1) is 14.9. The second kappa shape index (κ2) is 7.57. The van der Waals surface area contributed by atoms with Crippen LogP contribution in [0, 0.1) is 0 Å². The Labute approximate surface area is 178 Å². The standard InChI is InChI=1S/C27H28N2O/c1-2-8-20(9-3-1)17-28-14-15-30-21(18-28)19-29-26-12-6-4-10-22(26)24-16-25(24)23-11-5-7-13-27(23)29/h1-13,21,24-25H,14-19H2. The monoisotopic (exact) mass is 396 g/mol. The van der Waals surface area contributed by atoms with Gasteiger partial charge >= 0.3 is 0 Å². The number of morpholine rings is 1. The van der Waals surface area contributed by atoms with Crippen LogP contribution < -0.4 is 4.90 Å². The molecule has 1 saturated carbocycles. The number of nitrogens with zero attached hydrogens (tertiary/aromatic N) is 2. The molecular formula is C27H28N2O. The zero-order chi connectivity index (χ0) is 19.9. The summed E-state index contributed by atoms with van der Waals surface area (Å²) in [6.07, 6.45) is 1.49. The lowest BCUT2D eigenvalue weighted by Gasteiger charge is -2.37. The van der Waals surface area contributed by atoms with E-state index in [1.54, 1.807) is 0 Å². The van der Waals surface area contributed by atoms with E-state index < -0.39 is 0 Å². The van der Waals surface area contributed by atoms with Crippen LogP contribution in [0.1, 0.15) is 34.9 Å². The summed E-state index contributed by atoms with van der Waals surface area (Å²) in [5, 5.41) is 0. The number of ether oxygens (including phenoxy) is 1. The highest BCUT2D eigenvalue weighted by Crippen LogP contribution is 2.61. The molecule has 2 heterocycles. The van der Waals surface area contributed by atoms with Gasteiger partial charge in [0.15, 0.2) is 0 Å². The minimum atomic E-state index is 0.206. The van der Waals surface area contributed by atoms with E-state index in [0.717, 1.165) is 32.8 Å². The quantitative estimate of drug-likeness (QED) is 0.594. The van der Waals surface area contributed by atoms with Crippen molar-refractivity contribution in [2.75, 3.05) is 31.1 Å². The molecule has 0 N–H and O–H groups in total. The van der Waals surface area contributed by atoms with Crippen LogP contribution >= 0.6 is 0 Å². The Morgan fingerprint density at radius 1 is 0.767 bits per heavy atom. The van der Waals surface area contributed by atoms with Gasteiger partial charge in [-0.15, -0.1) is 0 Å². The predicted octanol–water partition coefficient (Wildman–Crippen LogP) is 5.31. The third kappa shape index (κ3) is 3.32. The molecule has 0 amide bonds. The molecule has 1 saturated heterocycles. The van der Waals surface area contributed by atoms with Crippen LogP contribution in [-0.4, -0.2) is 37.2 Å². The van der Waals surface area contributed by atoms with E-state index in [0.29, 0.717) is 11.8 Å². The molecule has 30 heavy (non-hydrogen) atoms. The summed E-state index contributed by atoms with van der Waals surface area (Å²) in [6, 6.07) is 28.8. The normalized spacial score (nSPS) is 25.1. The molecule has 0 aromatic heterocycles. The van der Waals surface area contributed by atoms with Crippen molar-refractivity contribution in [3.63, 3.8) is 0 Å². The van der Waals surface area contributed by atoms with E-state index in [2.05, 4.69) is 88.7 Å². The maximum Gasteiger partial charge on any atom is 0.0881 e. The summed E-state index contributed by atoms with van der Waals surface area (Å²) in [5.41, 5.74) is 7.15. The third-order valence-electron chi connectivity index (χ3n) is 6.90. The average molecular weight is 397 g/mol. The number of para-hydroxylation sites is 2. The Bertz CT molecular complexity index is 982. The van der Waals surface area contributed by atoms with E-state index in [9.17, 15) is 0 Å². The molecule has 0 radical (unpaired) electrons. The van der Waals surface area contributed by atoms with Crippen molar-refractivity contribution < 1.29 is 4.74 Å². The summed E-state index contributed by atoms with van der Waals surface area (Å²) in [6.45, 7) is 4.68. The molecule has 3 unspecified atom stereocenters. The zero-order valence-electron chi connectivity index (χ0n) is 17.3. The summed E-state index contributed by atoms with van der Waals surface area (Å²) < 4.78 is 6.27. The van der Waals surface area contributed by atoms with Crippen LogP contribution in [-0.2, 0) is 11.3 Å². The average Bonchev–Trinajstić information content (AvgIpc) is 3.60. The van der Waals surface area contributed by atoms with Crippen LogP contribution in [0.4, 0.5) is 11.4 Å². The highest BCUT2D eigenvalue weighted by molar-refractivity contribution is 5.75. The molecule has 3 aromatic rings. The Kier molecular flexibility index (Phi) is 4.59.